The average Bonchev–Trinajstić information content (AvgIpc) is 2.42. The van der Waals surface area contributed by atoms with E-state index in [1.54, 1.807) is 20.3 Å². The highest BCUT2D eigenvalue weighted by molar-refractivity contribution is 14.0. The van der Waals surface area contributed by atoms with Crippen LogP contribution in [-0.4, -0.2) is 26.7 Å². The molecule has 0 saturated carbocycles. The summed E-state index contributed by atoms with van der Waals surface area (Å²) in [5.41, 5.74) is 6.67. The molecule has 0 bridgehead atoms. The summed E-state index contributed by atoms with van der Waals surface area (Å²) in [6.07, 6.45) is 1.72. The number of hydrogen-bond donors (Lipinski definition) is 2. The second-order valence-electron chi connectivity index (χ2n) is 3.56. The zero-order valence-electron chi connectivity index (χ0n) is 11.2. The van der Waals surface area contributed by atoms with E-state index in [4.69, 9.17) is 15.2 Å². The topological polar surface area (TPSA) is 68.9 Å². The highest BCUT2D eigenvalue weighted by Crippen LogP contribution is 2.27. The Morgan fingerprint density at radius 3 is 2.63 bits per heavy atom. The first kappa shape index (κ1) is 17.6. The Bertz CT molecular complexity index is 436. The lowest BCUT2D eigenvalue weighted by atomic mass is 10.2. The summed E-state index contributed by atoms with van der Waals surface area (Å²) in [6.45, 7) is 4.67. The Kier molecular flexibility index (Phi) is 8.77. The van der Waals surface area contributed by atoms with Crippen LogP contribution in [0, 0.1) is 0 Å². The van der Waals surface area contributed by atoms with Crippen molar-refractivity contribution in [1.29, 1.82) is 0 Å². The summed E-state index contributed by atoms with van der Waals surface area (Å²) < 4.78 is 10.4. The number of guanidine groups is 1. The van der Waals surface area contributed by atoms with Crippen LogP contribution in [0.25, 0.3) is 0 Å². The smallest absolute Gasteiger partial charge is 0.189 e. The number of nitrogens with two attached hydrogens (primary N) is 1. The first-order valence-corrected chi connectivity index (χ1v) is 5.56. The normalized spacial score (nSPS) is 10.3. The van der Waals surface area contributed by atoms with Gasteiger partial charge in [-0.2, -0.15) is 0 Å². The van der Waals surface area contributed by atoms with Gasteiger partial charge in [-0.05, 0) is 17.7 Å². The molecule has 0 saturated heterocycles. The average molecular weight is 377 g/mol. The van der Waals surface area contributed by atoms with Crippen LogP contribution in [0.1, 0.15) is 5.56 Å². The molecule has 0 atom stereocenters. The van der Waals surface area contributed by atoms with Crippen molar-refractivity contribution in [2.24, 2.45) is 10.7 Å². The van der Waals surface area contributed by atoms with Crippen molar-refractivity contribution in [2.75, 3.05) is 20.8 Å². The lowest BCUT2D eigenvalue weighted by Crippen LogP contribution is -2.31. The van der Waals surface area contributed by atoms with Crippen molar-refractivity contribution in [1.82, 2.24) is 5.32 Å². The summed E-state index contributed by atoms with van der Waals surface area (Å²) in [6, 6.07) is 5.64. The summed E-state index contributed by atoms with van der Waals surface area (Å²) >= 11 is 0. The van der Waals surface area contributed by atoms with E-state index in [1.165, 1.54) is 0 Å². The lowest BCUT2D eigenvalue weighted by molar-refractivity contribution is 0.354. The zero-order valence-corrected chi connectivity index (χ0v) is 13.5. The summed E-state index contributed by atoms with van der Waals surface area (Å²) in [4.78, 5) is 4.20. The molecule has 1 aromatic carbocycles. The largest absolute Gasteiger partial charge is 0.493 e. The van der Waals surface area contributed by atoms with E-state index < -0.39 is 0 Å². The molecular formula is C13H20IN3O2. The second kappa shape index (κ2) is 9.48. The Morgan fingerprint density at radius 2 is 2.05 bits per heavy atom. The van der Waals surface area contributed by atoms with Gasteiger partial charge in [0.15, 0.2) is 17.5 Å². The van der Waals surface area contributed by atoms with Crippen molar-refractivity contribution in [3.05, 3.63) is 36.4 Å². The minimum absolute atomic E-state index is 0. The maximum absolute atomic E-state index is 5.67. The van der Waals surface area contributed by atoms with Crippen LogP contribution in [0.2, 0.25) is 0 Å². The maximum atomic E-state index is 5.67. The van der Waals surface area contributed by atoms with E-state index in [2.05, 4.69) is 16.9 Å². The third-order valence-electron chi connectivity index (χ3n) is 2.31. The van der Waals surface area contributed by atoms with Crippen LogP contribution in [-0.2, 0) is 6.54 Å². The van der Waals surface area contributed by atoms with Crippen LogP contribution < -0.4 is 20.5 Å². The van der Waals surface area contributed by atoms with Gasteiger partial charge in [0.25, 0.3) is 0 Å². The Hall–Kier alpha value is -1.44. The van der Waals surface area contributed by atoms with Gasteiger partial charge in [0.2, 0.25) is 0 Å². The van der Waals surface area contributed by atoms with E-state index >= 15 is 0 Å². The Labute approximate surface area is 130 Å². The minimum Gasteiger partial charge on any atom is -0.493 e. The molecule has 0 aliphatic carbocycles. The minimum atomic E-state index is 0. The number of rotatable bonds is 6. The molecule has 0 aliphatic heterocycles. The molecule has 106 valence electrons. The molecule has 0 amide bonds. The van der Waals surface area contributed by atoms with Crippen LogP contribution in [0.4, 0.5) is 0 Å². The summed E-state index contributed by atoms with van der Waals surface area (Å²) in [5, 5.41) is 2.91. The number of nitrogens with zero attached hydrogens (tertiary/aromatic N) is 1. The molecule has 0 unspecified atom stereocenters. The monoisotopic (exact) mass is 377 g/mol. The van der Waals surface area contributed by atoms with Crippen molar-refractivity contribution < 1.29 is 9.47 Å². The quantitative estimate of drug-likeness (QED) is 0.344. The van der Waals surface area contributed by atoms with Gasteiger partial charge in [-0.15, -0.1) is 30.6 Å². The highest BCUT2D eigenvalue weighted by atomic mass is 127. The van der Waals surface area contributed by atoms with Crippen LogP contribution >= 0.6 is 24.0 Å². The second-order valence-corrected chi connectivity index (χ2v) is 3.56. The van der Waals surface area contributed by atoms with Gasteiger partial charge in [0, 0.05) is 6.54 Å². The predicted octanol–water partition coefficient (Wildman–Crippen LogP) is 1.91. The fourth-order valence-corrected chi connectivity index (χ4v) is 1.39. The van der Waals surface area contributed by atoms with Crippen LogP contribution in [0.15, 0.2) is 35.8 Å². The molecule has 1 aromatic rings. The molecule has 0 radical (unpaired) electrons. The van der Waals surface area contributed by atoms with Gasteiger partial charge in [0.1, 0.15) is 0 Å². The number of nitrogens with one attached hydrogen (secondary N) is 1. The predicted molar refractivity (Wildman–Crippen MR) is 88.5 cm³/mol. The van der Waals surface area contributed by atoms with E-state index in [0.717, 1.165) is 5.56 Å². The third kappa shape index (κ3) is 5.82. The zero-order chi connectivity index (χ0) is 13.4. The number of hydrogen-bond acceptors (Lipinski definition) is 3. The van der Waals surface area contributed by atoms with Crippen molar-refractivity contribution in [3.8, 4) is 11.5 Å². The Morgan fingerprint density at radius 1 is 1.37 bits per heavy atom. The van der Waals surface area contributed by atoms with E-state index in [9.17, 15) is 0 Å². The number of methoxy groups -OCH3 is 2. The molecule has 0 heterocycles. The van der Waals surface area contributed by atoms with Gasteiger partial charge >= 0.3 is 0 Å². The van der Waals surface area contributed by atoms with E-state index in [-0.39, 0.29) is 24.0 Å². The van der Waals surface area contributed by atoms with Gasteiger partial charge in [-0.1, -0.05) is 12.1 Å². The first-order valence-electron chi connectivity index (χ1n) is 5.56. The summed E-state index contributed by atoms with van der Waals surface area (Å²) in [5.74, 6) is 1.77. The van der Waals surface area contributed by atoms with Gasteiger partial charge in [-0.3, -0.25) is 0 Å². The highest BCUT2D eigenvalue weighted by Gasteiger charge is 2.03. The van der Waals surface area contributed by atoms with E-state index in [1.807, 2.05) is 18.2 Å². The fourth-order valence-electron chi connectivity index (χ4n) is 1.39. The molecular weight excluding hydrogens is 357 g/mol. The standard InChI is InChI=1S/C13H19N3O2.HI/c1-4-7-15-13(14)16-9-10-5-6-11(17-2)12(8-10)18-3;/h4-6,8H,1,7,9H2,2-3H3,(H3,14,15,16);1H. The number of aliphatic imine (C=N–C) groups is 1. The number of halogens is 1. The lowest BCUT2D eigenvalue weighted by Gasteiger charge is -2.08. The molecule has 6 heteroatoms. The van der Waals surface area contributed by atoms with Crippen molar-refractivity contribution >= 4 is 29.9 Å². The Balaban J connectivity index is 0.00000324. The summed E-state index contributed by atoms with van der Waals surface area (Å²) in [7, 11) is 3.21. The molecule has 0 aromatic heterocycles. The van der Waals surface area contributed by atoms with E-state index in [0.29, 0.717) is 30.5 Å². The van der Waals surface area contributed by atoms with Crippen molar-refractivity contribution in [3.63, 3.8) is 0 Å². The molecule has 1 rings (SSSR count). The molecule has 0 fully saturated rings. The van der Waals surface area contributed by atoms with Crippen molar-refractivity contribution in [2.45, 2.75) is 6.54 Å². The van der Waals surface area contributed by atoms with Gasteiger partial charge in [-0.25, -0.2) is 4.99 Å². The van der Waals surface area contributed by atoms with Gasteiger partial charge in [0.05, 0.1) is 20.8 Å². The first-order chi connectivity index (χ1) is 8.71. The molecule has 0 aliphatic rings. The number of benzene rings is 1. The molecule has 5 nitrogen and oxygen atoms in total. The van der Waals surface area contributed by atoms with Crippen LogP contribution in [0.5, 0.6) is 11.5 Å². The maximum Gasteiger partial charge on any atom is 0.189 e. The third-order valence-corrected chi connectivity index (χ3v) is 2.31. The van der Waals surface area contributed by atoms with Crippen LogP contribution in [0.3, 0.4) is 0 Å². The molecule has 19 heavy (non-hydrogen) atoms. The fraction of sp³-hybridized carbons (Fsp3) is 0.308. The molecule has 0 spiro atoms. The molecule has 3 N–H and O–H groups in total. The number of ether oxygens (including phenoxy) is 2. The van der Waals surface area contributed by atoms with Gasteiger partial charge < -0.3 is 20.5 Å². The SMILES string of the molecule is C=CCNC(N)=NCc1ccc(OC)c(OC)c1.I.